The van der Waals surface area contributed by atoms with E-state index in [-0.39, 0.29) is 41.5 Å². The lowest BCUT2D eigenvalue weighted by Gasteiger charge is -2.18. The summed E-state index contributed by atoms with van der Waals surface area (Å²) in [6.07, 6.45) is -1.61. The lowest BCUT2D eigenvalue weighted by molar-refractivity contribution is -0.137. The number of carbonyl (C=O) groups is 1. The number of fused-ring (bicyclic) bond motifs is 1. The van der Waals surface area contributed by atoms with Crippen LogP contribution in [0.3, 0.4) is 0 Å². The lowest BCUT2D eigenvalue weighted by Crippen LogP contribution is -2.36. The number of alkyl halides is 3. The maximum atomic E-state index is 13.2. The van der Waals surface area contributed by atoms with Crippen molar-refractivity contribution in [2.24, 2.45) is 5.92 Å². The summed E-state index contributed by atoms with van der Waals surface area (Å²) in [7, 11) is 1.44. The van der Waals surface area contributed by atoms with Crippen LogP contribution in [0.4, 0.5) is 19.0 Å². The molecule has 11 nitrogen and oxygen atoms in total. The summed E-state index contributed by atoms with van der Waals surface area (Å²) >= 11 is 6.10. The molecule has 1 aliphatic carbocycles. The summed E-state index contributed by atoms with van der Waals surface area (Å²) in [5, 5.41) is 27.1. The van der Waals surface area contributed by atoms with Crippen LogP contribution < -0.4 is 10.6 Å². The highest BCUT2D eigenvalue weighted by Crippen LogP contribution is 2.38. The van der Waals surface area contributed by atoms with Gasteiger partial charge in [-0.25, -0.2) is 15.0 Å². The number of imidazole rings is 1. The Hall–Kier alpha value is -3.88. The average molecular weight is 563 g/mol. The molecule has 4 aromatic heterocycles. The number of nitrogens with zero attached hydrogens (tertiary/aromatic N) is 6. The second-order valence-corrected chi connectivity index (χ2v) is 9.44. The molecular formula is C24H22ClF3N8O3. The van der Waals surface area contributed by atoms with Crippen molar-refractivity contribution in [3.63, 3.8) is 0 Å². The predicted molar refractivity (Wildman–Crippen MR) is 133 cm³/mol. The fourth-order valence-electron chi connectivity index (χ4n) is 4.60. The molecule has 4 aromatic rings. The maximum absolute atomic E-state index is 13.2. The summed E-state index contributed by atoms with van der Waals surface area (Å²) in [5.41, 5.74) is 0.244. The summed E-state index contributed by atoms with van der Waals surface area (Å²) in [5.74, 6) is -0.904. The van der Waals surface area contributed by atoms with Crippen molar-refractivity contribution in [1.29, 1.82) is 0 Å². The van der Waals surface area contributed by atoms with Crippen molar-refractivity contribution in [1.82, 2.24) is 34.8 Å². The van der Waals surface area contributed by atoms with Crippen LogP contribution in [-0.4, -0.2) is 64.9 Å². The van der Waals surface area contributed by atoms with E-state index in [0.717, 1.165) is 18.3 Å². The normalized spacial score (nSPS) is 21.3. The third-order valence-electron chi connectivity index (χ3n) is 6.56. The number of nitrogens with one attached hydrogen (secondary N) is 2. The molecule has 15 heteroatoms. The molecule has 0 aromatic carbocycles. The van der Waals surface area contributed by atoms with E-state index in [4.69, 9.17) is 11.6 Å². The van der Waals surface area contributed by atoms with Gasteiger partial charge in [0.05, 0.1) is 47.2 Å². The number of hydrogen-bond acceptors (Lipinski definition) is 9. The van der Waals surface area contributed by atoms with Crippen molar-refractivity contribution < 1.29 is 28.2 Å². The minimum Gasteiger partial charge on any atom is -0.390 e. The monoisotopic (exact) mass is 562 g/mol. The first-order chi connectivity index (χ1) is 18.6. The van der Waals surface area contributed by atoms with Crippen LogP contribution in [0.1, 0.15) is 23.7 Å². The first-order valence-corrected chi connectivity index (χ1v) is 12.1. The van der Waals surface area contributed by atoms with E-state index < -0.39 is 41.8 Å². The van der Waals surface area contributed by atoms with Crippen molar-refractivity contribution in [3.05, 3.63) is 59.4 Å². The molecule has 1 amide bonds. The highest BCUT2D eigenvalue weighted by atomic mass is 35.5. The van der Waals surface area contributed by atoms with Gasteiger partial charge in [-0.2, -0.15) is 13.2 Å². The zero-order valence-corrected chi connectivity index (χ0v) is 21.0. The Morgan fingerprint density at radius 1 is 1.18 bits per heavy atom. The van der Waals surface area contributed by atoms with E-state index in [9.17, 15) is 28.2 Å². The van der Waals surface area contributed by atoms with Crippen LogP contribution >= 0.6 is 11.6 Å². The Morgan fingerprint density at radius 3 is 2.69 bits per heavy atom. The highest BCUT2D eigenvalue weighted by Gasteiger charge is 2.46. The van der Waals surface area contributed by atoms with E-state index in [1.54, 1.807) is 10.6 Å². The molecule has 1 saturated carbocycles. The standard InChI is InChI=1S/C24H22ClF3N8O3/c1-29-23(39)15-6-16(19(38)18(15)37)36-10-33-17-21(32-9-14-5-12(2-3-31-14)24(26,27)28)34-20(35-22(17)36)11-4-13(25)8-30-7-11/h2-5,7-8,10,15-16,18-19,37-38H,6,9H2,1H3,(H,29,39)(H,32,34,35)/t15-,16+,18+,19-/m0/s1. The van der Waals surface area contributed by atoms with Gasteiger partial charge in [0.25, 0.3) is 0 Å². The number of aromatic nitrogens is 6. The first-order valence-electron chi connectivity index (χ1n) is 11.8. The zero-order chi connectivity index (χ0) is 27.9. The van der Waals surface area contributed by atoms with Crippen molar-refractivity contribution in [2.45, 2.75) is 37.4 Å². The lowest BCUT2D eigenvalue weighted by atomic mass is 10.1. The molecule has 0 unspecified atom stereocenters. The number of carbonyl (C=O) groups excluding carboxylic acids is 1. The Labute approximate surface area is 224 Å². The molecular weight excluding hydrogens is 541 g/mol. The van der Waals surface area contributed by atoms with E-state index in [1.807, 2.05) is 0 Å². The number of amides is 1. The van der Waals surface area contributed by atoms with Crippen molar-refractivity contribution >= 4 is 34.5 Å². The van der Waals surface area contributed by atoms with Crippen LogP contribution in [0, 0.1) is 5.92 Å². The van der Waals surface area contributed by atoms with Crippen LogP contribution in [0.2, 0.25) is 5.02 Å². The molecule has 5 rings (SSSR count). The molecule has 39 heavy (non-hydrogen) atoms. The minimum absolute atomic E-state index is 0.111. The highest BCUT2D eigenvalue weighted by molar-refractivity contribution is 6.30. The van der Waals surface area contributed by atoms with Crippen LogP contribution in [0.25, 0.3) is 22.6 Å². The van der Waals surface area contributed by atoms with Gasteiger partial charge in [-0.1, -0.05) is 11.6 Å². The number of rotatable bonds is 6. The Morgan fingerprint density at radius 2 is 1.97 bits per heavy atom. The van der Waals surface area contributed by atoms with Gasteiger partial charge in [0.15, 0.2) is 17.3 Å². The van der Waals surface area contributed by atoms with E-state index in [1.165, 1.54) is 25.8 Å². The number of pyridine rings is 2. The summed E-state index contributed by atoms with van der Waals surface area (Å²) in [6.45, 7) is -0.111. The number of aliphatic hydroxyl groups is 2. The van der Waals surface area contributed by atoms with Crippen LogP contribution in [-0.2, 0) is 17.5 Å². The molecule has 0 saturated heterocycles. The zero-order valence-electron chi connectivity index (χ0n) is 20.3. The van der Waals surface area contributed by atoms with Gasteiger partial charge < -0.3 is 25.4 Å². The molecule has 1 fully saturated rings. The van der Waals surface area contributed by atoms with Gasteiger partial charge in [-0.05, 0) is 24.6 Å². The fraction of sp³-hybridized carbons (Fsp3) is 0.333. The SMILES string of the molecule is CNC(=O)[C@H]1C[C@@H](n2cnc3c(NCc4cc(C(F)(F)F)ccn4)nc(-c4cncc(Cl)c4)nc32)[C@H](O)[C@@H]1O. The molecule has 4 N–H and O–H groups in total. The predicted octanol–water partition coefficient (Wildman–Crippen LogP) is 2.60. The number of anilines is 1. The molecule has 4 heterocycles. The Bertz CT molecular complexity index is 1530. The van der Waals surface area contributed by atoms with Gasteiger partial charge in [0, 0.05) is 31.2 Å². The Balaban J connectivity index is 1.56. The van der Waals surface area contributed by atoms with E-state index in [0.29, 0.717) is 10.6 Å². The van der Waals surface area contributed by atoms with E-state index in [2.05, 4.69) is 35.6 Å². The molecule has 204 valence electrons. The van der Waals surface area contributed by atoms with Gasteiger partial charge in [-0.15, -0.1) is 0 Å². The topological polar surface area (TPSA) is 151 Å². The molecule has 1 aliphatic rings. The second kappa shape index (κ2) is 10.4. The summed E-state index contributed by atoms with van der Waals surface area (Å²) < 4.78 is 41.0. The first kappa shape index (κ1) is 26.7. The molecule has 0 spiro atoms. The smallest absolute Gasteiger partial charge is 0.390 e. The van der Waals surface area contributed by atoms with Crippen LogP contribution in [0.15, 0.2) is 43.1 Å². The van der Waals surface area contributed by atoms with Crippen molar-refractivity contribution in [2.75, 3.05) is 12.4 Å². The van der Waals surface area contributed by atoms with Crippen molar-refractivity contribution in [3.8, 4) is 11.4 Å². The molecule has 4 atom stereocenters. The largest absolute Gasteiger partial charge is 0.416 e. The second-order valence-electron chi connectivity index (χ2n) is 9.00. The quantitative estimate of drug-likeness (QED) is 0.278. The molecule has 0 aliphatic heterocycles. The van der Waals surface area contributed by atoms with Gasteiger partial charge in [0.1, 0.15) is 11.6 Å². The minimum atomic E-state index is -4.52. The van der Waals surface area contributed by atoms with Gasteiger partial charge >= 0.3 is 6.18 Å². The number of hydrogen-bond donors (Lipinski definition) is 4. The van der Waals surface area contributed by atoms with Crippen LogP contribution in [0.5, 0.6) is 0 Å². The van der Waals surface area contributed by atoms with E-state index >= 15 is 0 Å². The van der Waals surface area contributed by atoms with Gasteiger partial charge in [-0.3, -0.25) is 14.8 Å². The third-order valence-corrected chi connectivity index (χ3v) is 6.76. The summed E-state index contributed by atoms with van der Waals surface area (Å²) in [6, 6.07) is 2.65. The maximum Gasteiger partial charge on any atom is 0.416 e. The third kappa shape index (κ3) is 5.22. The Kier molecular flexibility index (Phi) is 7.09. The summed E-state index contributed by atoms with van der Waals surface area (Å²) in [4.78, 5) is 33.8. The number of halogens is 4. The average Bonchev–Trinajstić information content (AvgIpc) is 3.47. The number of aliphatic hydroxyl groups excluding tert-OH is 2. The fourth-order valence-corrected chi connectivity index (χ4v) is 4.78. The molecule has 0 radical (unpaired) electrons. The van der Waals surface area contributed by atoms with Gasteiger partial charge in [0.2, 0.25) is 5.91 Å². The molecule has 0 bridgehead atoms.